The van der Waals surface area contributed by atoms with E-state index in [9.17, 15) is 19.6 Å². The third kappa shape index (κ3) is 3.65. The Balaban J connectivity index is 1.98. The molecule has 158 valence electrons. The molecule has 1 atom stereocenters. The van der Waals surface area contributed by atoms with Crippen LogP contribution in [0.25, 0.3) is 22.0 Å². The summed E-state index contributed by atoms with van der Waals surface area (Å²) in [5, 5.41) is 22.8. The zero-order valence-corrected chi connectivity index (χ0v) is 16.9. The molecule has 0 unspecified atom stereocenters. The Hall–Kier alpha value is -4.58. The first-order chi connectivity index (χ1) is 15.4. The number of halogens is 1. The molecule has 2 aromatic carbocycles. The van der Waals surface area contributed by atoms with E-state index in [0.29, 0.717) is 22.3 Å². The van der Waals surface area contributed by atoms with E-state index in [0.717, 1.165) is 0 Å². The second kappa shape index (κ2) is 8.28. The van der Waals surface area contributed by atoms with Crippen molar-refractivity contribution in [2.24, 2.45) is 0 Å². The second-order valence-electron chi connectivity index (χ2n) is 7.04. The number of nitrogens with one attached hydrogen (secondary N) is 1. The highest BCUT2D eigenvalue weighted by Gasteiger charge is 2.25. The fraction of sp³-hybridized carbons (Fsp3) is 0.0870. The fourth-order valence-corrected chi connectivity index (χ4v) is 3.58. The molecule has 4 aromatic rings. The Labute approximate surface area is 182 Å². The van der Waals surface area contributed by atoms with Crippen molar-refractivity contribution in [2.75, 3.05) is 11.1 Å². The van der Waals surface area contributed by atoms with E-state index in [-0.39, 0.29) is 28.1 Å². The van der Waals surface area contributed by atoms with Gasteiger partial charge in [0, 0.05) is 10.9 Å². The summed E-state index contributed by atoms with van der Waals surface area (Å²) in [5.41, 5.74) is 7.46. The lowest BCUT2D eigenvalue weighted by molar-refractivity contribution is 0.0699. The first-order valence-corrected chi connectivity index (χ1v) is 9.59. The average Bonchev–Trinajstić information content (AvgIpc) is 2.78. The van der Waals surface area contributed by atoms with E-state index in [1.807, 2.05) is 12.1 Å². The molecule has 2 aromatic heterocycles. The van der Waals surface area contributed by atoms with Crippen LogP contribution in [0.4, 0.5) is 16.0 Å². The number of carbonyl (C=O) groups is 1. The van der Waals surface area contributed by atoms with Crippen LogP contribution in [0.3, 0.4) is 0 Å². The summed E-state index contributed by atoms with van der Waals surface area (Å²) in [6.45, 7) is 1.76. The minimum atomic E-state index is -1.21. The van der Waals surface area contributed by atoms with Crippen LogP contribution in [0.1, 0.15) is 34.6 Å². The summed E-state index contributed by atoms with van der Waals surface area (Å²) < 4.78 is 14.0. The molecule has 0 aliphatic carbocycles. The summed E-state index contributed by atoms with van der Waals surface area (Å²) in [7, 11) is 0. The molecule has 0 saturated heterocycles. The van der Waals surface area contributed by atoms with Gasteiger partial charge in [0.1, 0.15) is 35.4 Å². The van der Waals surface area contributed by atoms with Crippen LogP contribution >= 0.6 is 0 Å². The molecule has 0 spiro atoms. The van der Waals surface area contributed by atoms with E-state index >= 15 is 0 Å². The molecule has 2 heterocycles. The standard InChI is InChI=1S/C23H17FN6O2/c1-12(29-22-16(10-25)21(26)27-11-28-22)20-18(13-5-3-2-4-6-13)19(23(31)32)15-9-14(24)7-8-17(15)30-20/h2-9,11-12H,1H3,(H,31,32)(H3,26,27,28,29)/t12-/m0/s1. The lowest BCUT2D eigenvalue weighted by Crippen LogP contribution is -2.16. The molecule has 0 amide bonds. The van der Waals surface area contributed by atoms with Crippen LogP contribution in [-0.4, -0.2) is 26.0 Å². The topological polar surface area (TPSA) is 138 Å². The van der Waals surface area contributed by atoms with E-state index in [2.05, 4.69) is 20.3 Å². The highest BCUT2D eigenvalue weighted by molar-refractivity contribution is 6.09. The van der Waals surface area contributed by atoms with Gasteiger partial charge in [0.15, 0.2) is 0 Å². The maximum Gasteiger partial charge on any atom is 0.337 e. The van der Waals surface area contributed by atoms with E-state index in [1.165, 1.54) is 24.5 Å². The van der Waals surface area contributed by atoms with Crippen molar-refractivity contribution >= 4 is 28.5 Å². The minimum Gasteiger partial charge on any atom is -0.478 e. The zero-order valence-electron chi connectivity index (χ0n) is 16.9. The van der Waals surface area contributed by atoms with E-state index < -0.39 is 17.8 Å². The van der Waals surface area contributed by atoms with Gasteiger partial charge < -0.3 is 16.2 Å². The molecule has 0 aliphatic rings. The lowest BCUT2D eigenvalue weighted by atomic mass is 9.92. The van der Waals surface area contributed by atoms with Gasteiger partial charge in [-0.2, -0.15) is 5.26 Å². The minimum absolute atomic E-state index is 0.0219. The SMILES string of the molecule is C[C@H](Nc1ncnc(N)c1C#N)c1nc2ccc(F)cc2c(C(=O)O)c1-c1ccccc1. The smallest absolute Gasteiger partial charge is 0.337 e. The number of pyridine rings is 1. The normalized spacial score (nSPS) is 11.7. The molecule has 9 heteroatoms. The number of nitriles is 1. The molecule has 0 radical (unpaired) electrons. The van der Waals surface area contributed by atoms with Crippen molar-refractivity contribution in [2.45, 2.75) is 13.0 Å². The number of nitrogen functional groups attached to an aromatic ring is 1. The first-order valence-electron chi connectivity index (χ1n) is 9.59. The highest BCUT2D eigenvalue weighted by Crippen LogP contribution is 2.36. The molecule has 0 saturated carbocycles. The quantitative estimate of drug-likeness (QED) is 0.431. The predicted molar refractivity (Wildman–Crippen MR) is 117 cm³/mol. The zero-order chi connectivity index (χ0) is 22.8. The number of benzene rings is 2. The van der Waals surface area contributed by atoms with Gasteiger partial charge in [-0.05, 0) is 30.7 Å². The summed E-state index contributed by atoms with van der Waals surface area (Å²) >= 11 is 0. The number of carboxylic acid groups (broad SMARTS) is 1. The van der Waals surface area contributed by atoms with Crippen molar-refractivity contribution in [1.82, 2.24) is 15.0 Å². The van der Waals surface area contributed by atoms with Crippen LogP contribution in [0.5, 0.6) is 0 Å². The maximum atomic E-state index is 14.0. The second-order valence-corrected chi connectivity index (χ2v) is 7.04. The van der Waals surface area contributed by atoms with Gasteiger partial charge in [-0.1, -0.05) is 30.3 Å². The van der Waals surface area contributed by atoms with Gasteiger partial charge in [0.25, 0.3) is 0 Å². The number of aromatic carboxylic acids is 1. The first kappa shape index (κ1) is 20.7. The predicted octanol–water partition coefficient (Wildman–Crippen LogP) is 4.16. The number of nitrogens with two attached hydrogens (primary N) is 1. The van der Waals surface area contributed by atoms with Gasteiger partial charge in [-0.15, -0.1) is 0 Å². The van der Waals surface area contributed by atoms with Crippen LogP contribution in [0.2, 0.25) is 0 Å². The molecule has 8 nitrogen and oxygen atoms in total. The Morgan fingerprint density at radius 1 is 1.22 bits per heavy atom. The number of fused-ring (bicyclic) bond motifs is 1. The van der Waals surface area contributed by atoms with Crippen molar-refractivity contribution < 1.29 is 14.3 Å². The summed E-state index contributed by atoms with van der Waals surface area (Å²) in [5.74, 6) is -1.55. The average molecular weight is 428 g/mol. The molecule has 4 N–H and O–H groups in total. The number of nitrogens with zero attached hydrogens (tertiary/aromatic N) is 4. The number of aromatic nitrogens is 3. The molecule has 32 heavy (non-hydrogen) atoms. The Morgan fingerprint density at radius 3 is 2.66 bits per heavy atom. The summed E-state index contributed by atoms with van der Waals surface area (Å²) in [6.07, 6.45) is 1.22. The van der Waals surface area contributed by atoms with Crippen molar-refractivity contribution in [3.63, 3.8) is 0 Å². The number of carboxylic acids is 1. The number of hydrogen-bond donors (Lipinski definition) is 3. The van der Waals surface area contributed by atoms with Gasteiger partial charge in [0.2, 0.25) is 0 Å². The molecule has 0 fully saturated rings. The third-order valence-electron chi connectivity index (χ3n) is 5.00. The van der Waals surface area contributed by atoms with E-state index in [4.69, 9.17) is 5.73 Å². The van der Waals surface area contributed by atoms with Crippen LogP contribution in [0, 0.1) is 17.1 Å². The van der Waals surface area contributed by atoms with E-state index in [1.54, 1.807) is 31.2 Å². The number of anilines is 2. The summed E-state index contributed by atoms with van der Waals surface area (Å²) in [6, 6.07) is 14.1. The van der Waals surface area contributed by atoms with Crippen molar-refractivity contribution in [3.8, 4) is 17.2 Å². The third-order valence-corrected chi connectivity index (χ3v) is 5.00. The fourth-order valence-electron chi connectivity index (χ4n) is 3.58. The van der Waals surface area contributed by atoms with Gasteiger partial charge in [-0.3, -0.25) is 0 Å². The molecule has 0 aliphatic heterocycles. The Kier molecular flexibility index (Phi) is 5.35. The summed E-state index contributed by atoms with van der Waals surface area (Å²) in [4.78, 5) is 24.9. The molecular weight excluding hydrogens is 411 g/mol. The van der Waals surface area contributed by atoms with Gasteiger partial charge >= 0.3 is 5.97 Å². The van der Waals surface area contributed by atoms with Crippen LogP contribution in [-0.2, 0) is 0 Å². The highest BCUT2D eigenvalue weighted by atomic mass is 19.1. The monoisotopic (exact) mass is 428 g/mol. The van der Waals surface area contributed by atoms with Gasteiger partial charge in [-0.25, -0.2) is 24.1 Å². The van der Waals surface area contributed by atoms with Crippen LogP contribution in [0.15, 0.2) is 54.9 Å². The molecule has 0 bridgehead atoms. The Bertz CT molecular complexity index is 1390. The van der Waals surface area contributed by atoms with Crippen molar-refractivity contribution in [3.05, 3.63) is 77.5 Å². The lowest BCUT2D eigenvalue weighted by Gasteiger charge is -2.21. The van der Waals surface area contributed by atoms with Gasteiger partial charge in [0.05, 0.1) is 22.8 Å². The number of hydrogen-bond acceptors (Lipinski definition) is 7. The Morgan fingerprint density at radius 2 is 1.97 bits per heavy atom. The molecular formula is C23H17FN6O2. The molecule has 4 rings (SSSR count). The maximum absolute atomic E-state index is 14.0. The van der Waals surface area contributed by atoms with Crippen molar-refractivity contribution in [1.29, 1.82) is 5.26 Å². The number of rotatable bonds is 5. The largest absolute Gasteiger partial charge is 0.478 e. The van der Waals surface area contributed by atoms with Crippen LogP contribution < -0.4 is 11.1 Å².